The number of para-hydroxylation sites is 1. The van der Waals surface area contributed by atoms with Crippen LogP contribution >= 0.6 is 0 Å². The van der Waals surface area contributed by atoms with Crippen molar-refractivity contribution in [2.45, 2.75) is 0 Å². The molecule has 0 amide bonds. The number of aromatic amines is 1. The number of rotatable bonds is 1. The van der Waals surface area contributed by atoms with Crippen molar-refractivity contribution in [2.75, 3.05) is 0 Å². The Morgan fingerprint density at radius 1 is 1.11 bits per heavy atom. The molecule has 4 heteroatoms. The van der Waals surface area contributed by atoms with E-state index in [0.29, 0.717) is 0 Å². The second-order valence-corrected chi connectivity index (χ2v) is 4.66. The molecule has 4 aromatic rings. The summed E-state index contributed by atoms with van der Waals surface area (Å²) in [5.41, 5.74) is 4.28. The van der Waals surface area contributed by atoms with E-state index in [4.69, 9.17) is 0 Å². The highest BCUT2D eigenvalue weighted by molar-refractivity contribution is 5.95. The Bertz CT molecular complexity index is 885. The molecule has 1 N–H and O–H groups in total. The highest BCUT2D eigenvalue weighted by atomic mass is 15.2. The van der Waals surface area contributed by atoms with E-state index in [1.165, 1.54) is 0 Å². The van der Waals surface area contributed by atoms with Gasteiger partial charge in [-0.1, -0.05) is 24.3 Å². The van der Waals surface area contributed by atoms with Crippen LogP contribution in [0.2, 0.25) is 0 Å². The standard InChI is InChI=1S/C15H12N4/c1-19-14-7-6-10(8-11(14)9-16-19)15-12-4-2-3-5-13(12)17-18-15/h2-9H,1H3,(H,17,18). The maximum absolute atomic E-state index is 4.43. The minimum atomic E-state index is 0.987. The molecular formula is C15H12N4. The molecule has 4 rings (SSSR count). The van der Waals surface area contributed by atoms with E-state index in [2.05, 4.69) is 39.6 Å². The van der Waals surface area contributed by atoms with E-state index < -0.39 is 0 Å². The van der Waals surface area contributed by atoms with Crippen LogP contribution in [0.1, 0.15) is 0 Å². The Kier molecular flexibility index (Phi) is 2.00. The SMILES string of the molecule is Cn1ncc2cc(-c3n[nH]c4ccccc34)ccc21. The summed E-state index contributed by atoms with van der Waals surface area (Å²) in [6.07, 6.45) is 1.88. The molecule has 0 aliphatic rings. The van der Waals surface area contributed by atoms with Crippen molar-refractivity contribution in [3.63, 3.8) is 0 Å². The summed E-state index contributed by atoms with van der Waals surface area (Å²) in [4.78, 5) is 0. The lowest BCUT2D eigenvalue weighted by molar-refractivity contribution is 0.797. The average molecular weight is 248 g/mol. The summed E-state index contributed by atoms with van der Waals surface area (Å²) < 4.78 is 1.88. The van der Waals surface area contributed by atoms with Crippen LogP contribution in [0.4, 0.5) is 0 Å². The maximum atomic E-state index is 4.43. The number of hydrogen-bond acceptors (Lipinski definition) is 2. The molecule has 0 spiro atoms. The zero-order valence-corrected chi connectivity index (χ0v) is 10.5. The van der Waals surface area contributed by atoms with Gasteiger partial charge in [0.15, 0.2) is 0 Å². The van der Waals surface area contributed by atoms with Gasteiger partial charge in [-0.2, -0.15) is 10.2 Å². The van der Waals surface area contributed by atoms with Gasteiger partial charge in [-0.25, -0.2) is 0 Å². The van der Waals surface area contributed by atoms with Gasteiger partial charge in [0.1, 0.15) is 0 Å². The monoisotopic (exact) mass is 248 g/mol. The van der Waals surface area contributed by atoms with Gasteiger partial charge in [0.25, 0.3) is 0 Å². The summed E-state index contributed by atoms with van der Waals surface area (Å²) in [6.45, 7) is 0. The molecule has 2 aromatic heterocycles. The molecule has 0 radical (unpaired) electrons. The highest BCUT2D eigenvalue weighted by Crippen LogP contribution is 2.28. The first-order valence-electron chi connectivity index (χ1n) is 6.18. The maximum Gasteiger partial charge on any atom is 0.0999 e. The smallest absolute Gasteiger partial charge is 0.0999 e. The van der Waals surface area contributed by atoms with Gasteiger partial charge < -0.3 is 0 Å². The third kappa shape index (κ3) is 1.46. The zero-order chi connectivity index (χ0) is 12.8. The van der Waals surface area contributed by atoms with Crippen molar-refractivity contribution in [1.82, 2.24) is 20.0 Å². The van der Waals surface area contributed by atoms with Crippen molar-refractivity contribution >= 4 is 21.8 Å². The fourth-order valence-corrected chi connectivity index (χ4v) is 2.49. The van der Waals surface area contributed by atoms with Crippen LogP contribution in [0.3, 0.4) is 0 Å². The van der Waals surface area contributed by atoms with Crippen molar-refractivity contribution in [1.29, 1.82) is 0 Å². The number of fused-ring (bicyclic) bond motifs is 2. The van der Waals surface area contributed by atoms with Crippen LogP contribution < -0.4 is 0 Å². The van der Waals surface area contributed by atoms with E-state index in [9.17, 15) is 0 Å². The molecule has 0 aliphatic heterocycles. The summed E-state index contributed by atoms with van der Waals surface area (Å²) in [5, 5.41) is 14.0. The number of hydrogen-bond donors (Lipinski definition) is 1. The third-order valence-electron chi connectivity index (χ3n) is 3.49. The number of benzene rings is 2. The molecule has 92 valence electrons. The van der Waals surface area contributed by atoms with Gasteiger partial charge in [-0.05, 0) is 18.2 Å². The van der Waals surface area contributed by atoms with E-state index in [1.54, 1.807) is 0 Å². The summed E-state index contributed by atoms with van der Waals surface area (Å²) in [5.74, 6) is 0. The molecule has 0 bridgehead atoms. The van der Waals surface area contributed by atoms with Crippen LogP contribution in [-0.4, -0.2) is 20.0 Å². The fraction of sp³-hybridized carbons (Fsp3) is 0.0667. The summed E-state index contributed by atoms with van der Waals surface area (Å²) in [6, 6.07) is 14.5. The Balaban J connectivity index is 1.98. The number of nitrogens with one attached hydrogen (secondary N) is 1. The van der Waals surface area contributed by atoms with Crippen LogP contribution in [0.25, 0.3) is 33.1 Å². The van der Waals surface area contributed by atoms with E-state index in [0.717, 1.165) is 33.1 Å². The Morgan fingerprint density at radius 3 is 2.95 bits per heavy atom. The minimum absolute atomic E-state index is 0.987. The van der Waals surface area contributed by atoms with Crippen LogP contribution in [0, 0.1) is 0 Å². The van der Waals surface area contributed by atoms with E-state index >= 15 is 0 Å². The van der Waals surface area contributed by atoms with E-state index in [1.807, 2.05) is 36.1 Å². The number of H-pyrrole nitrogens is 1. The molecule has 4 nitrogen and oxygen atoms in total. The summed E-state index contributed by atoms with van der Waals surface area (Å²) in [7, 11) is 1.95. The van der Waals surface area contributed by atoms with Crippen molar-refractivity contribution in [2.24, 2.45) is 7.05 Å². The van der Waals surface area contributed by atoms with Gasteiger partial charge in [0.2, 0.25) is 0 Å². The summed E-state index contributed by atoms with van der Waals surface area (Å²) >= 11 is 0. The van der Waals surface area contributed by atoms with Crippen LogP contribution in [-0.2, 0) is 7.05 Å². The molecular weight excluding hydrogens is 236 g/mol. The van der Waals surface area contributed by atoms with Crippen molar-refractivity contribution in [3.8, 4) is 11.3 Å². The number of aryl methyl sites for hydroxylation is 1. The predicted octanol–water partition coefficient (Wildman–Crippen LogP) is 3.12. The quantitative estimate of drug-likeness (QED) is 0.562. The molecule has 0 saturated carbocycles. The average Bonchev–Trinajstić information content (AvgIpc) is 3.03. The van der Waals surface area contributed by atoms with Crippen molar-refractivity contribution in [3.05, 3.63) is 48.7 Å². The lowest BCUT2D eigenvalue weighted by atomic mass is 10.1. The first kappa shape index (κ1) is 10.3. The highest BCUT2D eigenvalue weighted by Gasteiger charge is 2.09. The first-order chi connectivity index (χ1) is 9.33. The Hall–Kier alpha value is -2.62. The first-order valence-corrected chi connectivity index (χ1v) is 6.18. The van der Waals surface area contributed by atoms with Gasteiger partial charge in [-0.15, -0.1) is 0 Å². The Labute approximate surface area is 109 Å². The van der Waals surface area contributed by atoms with Gasteiger partial charge in [0, 0.05) is 23.4 Å². The van der Waals surface area contributed by atoms with Crippen LogP contribution in [0.5, 0.6) is 0 Å². The minimum Gasteiger partial charge on any atom is -0.277 e. The normalized spacial score (nSPS) is 11.4. The molecule has 19 heavy (non-hydrogen) atoms. The third-order valence-corrected chi connectivity index (χ3v) is 3.49. The second kappa shape index (κ2) is 3.68. The molecule has 0 saturated heterocycles. The fourth-order valence-electron chi connectivity index (χ4n) is 2.49. The van der Waals surface area contributed by atoms with Gasteiger partial charge in [0.05, 0.1) is 22.9 Å². The molecule has 0 fully saturated rings. The van der Waals surface area contributed by atoms with Crippen molar-refractivity contribution < 1.29 is 0 Å². The lowest BCUT2D eigenvalue weighted by Crippen LogP contribution is -1.88. The topological polar surface area (TPSA) is 46.5 Å². The van der Waals surface area contributed by atoms with Gasteiger partial charge in [-0.3, -0.25) is 9.78 Å². The molecule has 0 unspecified atom stereocenters. The lowest BCUT2D eigenvalue weighted by Gasteiger charge is -1.99. The van der Waals surface area contributed by atoms with Crippen LogP contribution in [0.15, 0.2) is 48.7 Å². The predicted molar refractivity (Wildman–Crippen MR) is 75.8 cm³/mol. The number of aromatic nitrogens is 4. The Morgan fingerprint density at radius 2 is 2.00 bits per heavy atom. The second-order valence-electron chi connectivity index (χ2n) is 4.66. The molecule has 2 heterocycles. The molecule has 0 atom stereocenters. The zero-order valence-electron chi connectivity index (χ0n) is 10.5. The largest absolute Gasteiger partial charge is 0.277 e. The van der Waals surface area contributed by atoms with E-state index in [-0.39, 0.29) is 0 Å². The number of nitrogens with zero attached hydrogens (tertiary/aromatic N) is 3. The molecule has 2 aromatic carbocycles. The van der Waals surface area contributed by atoms with Gasteiger partial charge >= 0.3 is 0 Å². The molecule has 0 aliphatic carbocycles.